The van der Waals surface area contributed by atoms with Crippen molar-refractivity contribution in [3.05, 3.63) is 51.2 Å². The number of aryl methyl sites for hydroxylation is 1. The molecule has 0 spiro atoms. The highest BCUT2D eigenvalue weighted by molar-refractivity contribution is 6.30. The van der Waals surface area contributed by atoms with Crippen LogP contribution >= 0.6 is 11.6 Å². The van der Waals surface area contributed by atoms with Gasteiger partial charge in [-0.25, -0.2) is 9.48 Å². The number of nitrogens with zero attached hydrogens (tertiary/aromatic N) is 5. The number of carbonyl (C=O) groups is 1. The molecule has 156 valence electrons. The van der Waals surface area contributed by atoms with Gasteiger partial charge in [-0.15, -0.1) is 0 Å². The fourth-order valence-electron chi connectivity index (χ4n) is 4.21. The Morgan fingerprint density at radius 2 is 1.93 bits per heavy atom. The first-order valence-electron chi connectivity index (χ1n) is 10.5. The SMILES string of the molecule is O=C(Cc1cccc(Cl)c1)N1CCCN(CCn2nc3n(c2=O)CCCC3)CC1. The fourth-order valence-corrected chi connectivity index (χ4v) is 4.42. The molecule has 0 aliphatic carbocycles. The summed E-state index contributed by atoms with van der Waals surface area (Å²) in [5.74, 6) is 1.07. The molecule has 3 heterocycles. The third-order valence-electron chi connectivity index (χ3n) is 5.85. The Bertz CT molecular complexity index is 922. The minimum atomic E-state index is 0.0212. The van der Waals surface area contributed by atoms with Gasteiger partial charge in [0, 0.05) is 44.2 Å². The van der Waals surface area contributed by atoms with Crippen LogP contribution in [0, 0.1) is 0 Å². The highest BCUT2D eigenvalue weighted by Gasteiger charge is 2.21. The molecule has 1 amide bonds. The van der Waals surface area contributed by atoms with Crippen LogP contribution in [0.4, 0.5) is 0 Å². The van der Waals surface area contributed by atoms with E-state index in [9.17, 15) is 9.59 Å². The maximum Gasteiger partial charge on any atom is 0.345 e. The molecule has 2 aliphatic rings. The molecule has 0 unspecified atom stereocenters. The lowest BCUT2D eigenvalue weighted by Crippen LogP contribution is -2.37. The Balaban J connectivity index is 1.29. The molecule has 2 aromatic rings. The smallest absolute Gasteiger partial charge is 0.341 e. The molecule has 8 heteroatoms. The van der Waals surface area contributed by atoms with E-state index in [1.54, 1.807) is 4.68 Å². The highest BCUT2D eigenvalue weighted by atomic mass is 35.5. The molecule has 1 fully saturated rings. The first-order valence-corrected chi connectivity index (χ1v) is 10.9. The first-order chi connectivity index (χ1) is 14.1. The number of benzene rings is 1. The quantitative estimate of drug-likeness (QED) is 0.744. The number of halogens is 1. The van der Waals surface area contributed by atoms with E-state index in [-0.39, 0.29) is 11.6 Å². The first kappa shape index (κ1) is 20.2. The molecule has 29 heavy (non-hydrogen) atoms. The number of rotatable bonds is 5. The molecule has 0 saturated carbocycles. The van der Waals surface area contributed by atoms with Crippen LogP contribution in [0.3, 0.4) is 0 Å². The van der Waals surface area contributed by atoms with Gasteiger partial charge in [0.1, 0.15) is 5.82 Å². The number of carbonyl (C=O) groups excluding carboxylic acids is 1. The third kappa shape index (κ3) is 4.90. The van der Waals surface area contributed by atoms with E-state index in [1.165, 1.54) is 0 Å². The molecule has 1 saturated heterocycles. The summed E-state index contributed by atoms with van der Waals surface area (Å²) in [4.78, 5) is 29.4. The zero-order chi connectivity index (χ0) is 20.2. The van der Waals surface area contributed by atoms with E-state index in [0.717, 1.165) is 69.8 Å². The van der Waals surface area contributed by atoms with E-state index in [4.69, 9.17) is 11.6 Å². The summed E-state index contributed by atoms with van der Waals surface area (Å²) in [5.41, 5.74) is 0.972. The Morgan fingerprint density at radius 1 is 1.03 bits per heavy atom. The van der Waals surface area contributed by atoms with Crippen molar-refractivity contribution in [3.8, 4) is 0 Å². The molecule has 1 aromatic carbocycles. The van der Waals surface area contributed by atoms with Gasteiger partial charge in [-0.3, -0.25) is 14.3 Å². The summed E-state index contributed by atoms with van der Waals surface area (Å²) in [6.07, 6.45) is 4.40. The van der Waals surface area contributed by atoms with Crippen molar-refractivity contribution >= 4 is 17.5 Å². The summed E-state index contributed by atoms with van der Waals surface area (Å²) < 4.78 is 3.44. The second kappa shape index (κ2) is 9.13. The molecule has 4 rings (SSSR count). The number of amides is 1. The van der Waals surface area contributed by atoms with E-state index in [0.29, 0.717) is 24.5 Å². The van der Waals surface area contributed by atoms with Crippen LogP contribution in [0.25, 0.3) is 0 Å². The normalized spacial score (nSPS) is 17.8. The highest BCUT2D eigenvalue weighted by Crippen LogP contribution is 2.13. The molecule has 0 radical (unpaired) electrons. The van der Waals surface area contributed by atoms with E-state index >= 15 is 0 Å². The Hall–Kier alpha value is -2.12. The Morgan fingerprint density at radius 3 is 2.76 bits per heavy atom. The average molecular weight is 418 g/mol. The van der Waals surface area contributed by atoms with Crippen molar-refractivity contribution < 1.29 is 4.79 Å². The van der Waals surface area contributed by atoms with Gasteiger partial charge in [-0.05, 0) is 43.5 Å². The summed E-state index contributed by atoms with van der Waals surface area (Å²) in [7, 11) is 0. The van der Waals surface area contributed by atoms with E-state index in [2.05, 4.69) is 10.00 Å². The predicted molar refractivity (Wildman–Crippen MR) is 112 cm³/mol. The van der Waals surface area contributed by atoms with Gasteiger partial charge < -0.3 is 4.90 Å². The van der Waals surface area contributed by atoms with Gasteiger partial charge in [-0.2, -0.15) is 5.10 Å². The number of aromatic nitrogens is 3. The molecule has 0 bridgehead atoms. The molecule has 1 aromatic heterocycles. The largest absolute Gasteiger partial charge is 0.345 e. The van der Waals surface area contributed by atoms with Crippen molar-refractivity contribution in [1.29, 1.82) is 0 Å². The molecule has 0 atom stereocenters. The van der Waals surface area contributed by atoms with Crippen LogP contribution in [-0.2, 0) is 30.7 Å². The van der Waals surface area contributed by atoms with Crippen molar-refractivity contribution in [3.63, 3.8) is 0 Å². The second-order valence-electron chi connectivity index (χ2n) is 7.91. The van der Waals surface area contributed by atoms with E-state index < -0.39 is 0 Å². The maximum absolute atomic E-state index is 12.7. The van der Waals surface area contributed by atoms with Gasteiger partial charge in [0.05, 0.1) is 13.0 Å². The van der Waals surface area contributed by atoms with Crippen LogP contribution in [0.5, 0.6) is 0 Å². The maximum atomic E-state index is 12.7. The Kier molecular flexibility index (Phi) is 6.35. The van der Waals surface area contributed by atoms with Crippen LogP contribution in [0.2, 0.25) is 5.02 Å². The molecule has 7 nitrogen and oxygen atoms in total. The average Bonchev–Trinajstić information content (AvgIpc) is 2.88. The standard InChI is InChI=1S/C21H28ClN5O2/c22-18-6-3-5-17(15-18)16-20(28)25-9-4-8-24(11-13-25)12-14-27-21(29)26-10-2-1-7-19(26)23-27/h3,5-6,15H,1-2,4,7-14,16H2. The number of hydrogen-bond donors (Lipinski definition) is 0. The van der Waals surface area contributed by atoms with Crippen molar-refractivity contribution in [2.24, 2.45) is 0 Å². The molecule has 2 aliphatic heterocycles. The summed E-state index contributed by atoms with van der Waals surface area (Å²) >= 11 is 6.03. The molecule has 0 N–H and O–H groups in total. The zero-order valence-electron chi connectivity index (χ0n) is 16.7. The minimum absolute atomic E-state index is 0.0212. The summed E-state index contributed by atoms with van der Waals surface area (Å²) in [6, 6.07) is 7.49. The van der Waals surface area contributed by atoms with Gasteiger partial charge >= 0.3 is 5.69 Å². The van der Waals surface area contributed by atoms with Crippen molar-refractivity contribution in [2.75, 3.05) is 32.7 Å². The zero-order valence-corrected chi connectivity index (χ0v) is 17.5. The lowest BCUT2D eigenvalue weighted by molar-refractivity contribution is -0.130. The lowest BCUT2D eigenvalue weighted by atomic mass is 10.1. The Labute approximate surface area is 175 Å². The van der Waals surface area contributed by atoms with Gasteiger partial charge in [-0.1, -0.05) is 23.7 Å². The molecular formula is C21H28ClN5O2. The monoisotopic (exact) mass is 417 g/mol. The summed E-state index contributed by atoms with van der Waals surface area (Å²) in [6.45, 7) is 5.43. The minimum Gasteiger partial charge on any atom is -0.341 e. The van der Waals surface area contributed by atoms with Crippen molar-refractivity contribution in [1.82, 2.24) is 24.1 Å². The van der Waals surface area contributed by atoms with Crippen molar-refractivity contribution in [2.45, 2.75) is 45.2 Å². The second-order valence-corrected chi connectivity index (χ2v) is 8.35. The predicted octanol–water partition coefficient (Wildman–Crippen LogP) is 1.81. The summed E-state index contributed by atoms with van der Waals surface area (Å²) in [5, 5.41) is 5.18. The molecular weight excluding hydrogens is 390 g/mol. The van der Waals surface area contributed by atoms with Crippen LogP contribution in [0.1, 0.15) is 30.7 Å². The van der Waals surface area contributed by atoms with Gasteiger partial charge in [0.25, 0.3) is 0 Å². The third-order valence-corrected chi connectivity index (χ3v) is 6.08. The van der Waals surface area contributed by atoms with Crippen LogP contribution < -0.4 is 5.69 Å². The topological polar surface area (TPSA) is 63.4 Å². The fraction of sp³-hybridized carbons (Fsp3) is 0.571. The van der Waals surface area contributed by atoms with Gasteiger partial charge in [0.2, 0.25) is 5.91 Å². The number of hydrogen-bond acceptors (Lipinski definition) is 4. The van der Waals surface area contributed by atoms with Gasteiger partial charge in [0.15, 0.2) is 0 Å². The van der Waals surface area contributed by atoms with Crippen LogP contribution in [-0.4, -0.2) is 62.8 Å². The van der Waals surface area contributed by atoms with E-state index in [1.807, 2.05) is 33.7 Å². The lowest BCUT2D eigenvalue weighted by Gasteiger charge is -2.22. The van der Waals surface area contributed by atoms with Crippen LogP contribution in [0.15, 0.2) is 29.1 Å². The number of fused-ring (bicyclic) bond motifs is 1.